The molecule has 1 aromatic carbocycles. The van der Waals surface area contributed by atoms with Crippen molar-refractivity contribution in [2.75, 3.05) is 28.8 Å². The molecule has 0 aromatic heterocycles. The number of hydrogen-bond donors (Lipinski definition) is 2. The Labute approximate surface area is 112 Å². The summed E-state index contributed by atoms with van der Waals surface area (Å²) in [6.07, 6.45) is 3.54. The molecule has 1 aliphatic rings. The first kappa shape index (κ1) is 13.5. The van der Waals surface area contributed by atoms with Gasteiger partial charge in [0.1, 0.15) is 0 Å². The molecule has 0 radical (unpaired) electrons. The molecule has 4 nitrogen and oxygen atoms in total. The molecule has 0 saturated carbocycles. The number of nitrogens with two attached hydrogens (primary N) is 1. The average Bonchev–Trinajstić information content (AvgIpc) is 2.32. The number of sulfone groups is 1. The summed E-state index contributed by atoms with van der Waals surface area (Å²) in [5.41, 5.74) is 7.22. The molecule has 0 bridgehead atoms. The van der Waals surface area contributed by atoms with Gasteiger partial charge >= 0.3 is 0 Å². The molecule has 1 fully saturated rings. The van der Waals surface area contributed by atoms with Crippen LogP contribution >= 0.6 is 11.8 Å². The third kappa shape index (κ3) is 3.32. The van der Waals surface area contributed by atoms with Crippen molar-refractivity contribution < 1.29 is 8.42 Å². The molecule has 100 valence electrons. The van der Waals surface area contributed by atoms with Crippen LogP contribution in [0.5, 0.6) is 0 Å². The topological polar surface area (TPSA) is 72.2 Å². The maximum atomic E-state index is 11.4. The van der Waals surface area contributed by atoms with E-state index in [1.165, 1.54) is 24.5 Å². The molecule has 1 unspecified atom stereocenters. The number of nitrogen functional groups attached to an aromatic ring is 1. The molecule has 1 heterocycles. The third-order valence-corrected chi connectivity index (χ3v) is 5.30. The van der Waals surface area contributed by atoms with Gasteiger partial charge in [-0.25, -0.2) is 8.42 Å². The fraction of sp³-hybridized carbons (Fsp3) is 0.500. The van der Waals surface area contributed by atoms with Crippen molar-refractivity contribution in [3.8, 4) is 0 Å². The van der Waals surface area contributed by atoms with Crippen LogP contribution in [0.15, 0.2) is 23.1 Å². The minimum atomic E-state index is -3.19. The van der Waals surface area contributed by atoms with Crippen molar-refractivity contribution in [2.45, 2.75) is 23.8 Å². The van der Waals surface area contributed by atoms with Crippen molar-refractivity contribution in [1.82, 2.24) is 0 Å². The summed E-state index contributed by atoms with van der Waals surface area (Å²) in [6, 6.07) is 5.30. The Morgan fingerprint density at radius 2 is 2.22 bits per heavy atom. The van der Waals surface area contributed by atoms with Gasteiger partial charge in [-0.15, -0.1) is 0 Å². The van der Waals surface area contributed by atoms with E-state index >= 15 is 0 Å². The summed E-state index contributed by atoms with van der Waals surface area (Å²) in [5, 5.41) is 3.39. The standard InChI is InChI=1S/C12H18N2O2S2/c1-18(15,16)10-4-5-12(11(13)7-10)14-9-3-2-6-17-8-9/h4-5,7,9,14H,2-3,6,8,13H2,1H3. The van der Waals surface area contributed by atoms with Crippen LogP contribution in [0.25, 0.3) is 0 Å². The van der Waals surface area contributed by atoms with Crippen LogP contribution < -0.4 is 11.1 Å². The first-order valence-electron chi connectivity index (χ1n) is 5.90. The molecule has 0 spiro atoms. The normalized spacial score (nSPS) is 20.6. The van der Waals surface area contributed by atoms with E-state index in [1.807, 2.05) is 11.8 Å². The lowest BCUT2D eigenvalue weighted by Crippen LogP contribution is -2.26. The lowest BCUT2D eigenvalue weighted by molar-refractivity contribution is 0.602. The van der Waals surface area contributed by atoms with Crippen molar-refractivity contribution >= 4 is 33.0 Å². The second kappa shape index (κ2) is 5.40. The van der Waals surface area contributed by atoms with E-state index in [-0.39, 0.29) is 4.90 Å². The van der Waals surface area contributed by atoms with E-state index in [1.54, 1.807) is 12.1 Å². The van der Waals surface area contributed by atoms with Crippen molar-refractivity contribution in [3.63, 3.8) is 0 Å². The maximum Gasteiger partial charge on any atom is 0.175 e. The first-order valence-corrected chi connectivity index (χ1v) is 8.95. The van der Waals surface area contributed by atoms with Crippen LogP contribution in [0.1, 0.15) is 12.8 Å². The van der Waals surface area contributed by atoms with E-state index in [2.05, 4.69) is 5.32 Å². The summed E-state index contributed by atoms with van der Waals surface area (Å²) in [7, 11) is -3.19. The smallest absolute Gasteiger partial charge is 0.175 e. The molecule has 0 amide bonds. The molecule has 2 rings (SSSR count). The Kier molecular flexibility index (Phi) is 4.07. The molecule has 6 heteroatoms. The lowest BCUT2D eigenvalue weighted by atomic mass is 10.1. The van der Waals surface area contributed by atoms with Gasteiger partial charge in [0.2, 0.25) is 0 Å². The second-order valence-corrected chi connectivity index (χ2v) is 7.75. The summed E-state index contributed by atoms with van der Waals surface area (Å²) in [4.78, 5) is 0.267. The highest BCUT2D eigenvalue weighted by Crippen LogP contribution is 2.26. The van der Waals surface area contributed by atoms with Crippen LogP contribution in [0.2, 0.25) is 0 Å². The van der Waals surface area contributed by atoms with Crippen LogP contribution in [-0.2, 0) is 9.84 Å². The molecule has 1 saturated heterocycles. The zero-order valence-corrected chi connectivity index (χ0v) is 12.0. The molecule has 18 heavy (non-hydrogen) atoms. The molecule has 1 aromatic rings. The highest BCUT2D eigenvalue weighted by molar-refractivity contribution is 7.99. The van der Waals surface area contributed by atoms with E-state index in [4.69, 9.17) is 5.73 Å². The van der Waals surface area contributed by atoms with Gasteiger partial charge in [0.25, 0.3) is 0 Å². The Hall–Kier alpha value is -0.880. The first-order chi connectivity index (χ1) is 8.47. The Morgan fingerprint density at radius 1 is 1.44 bits per heavy atom. The highest BCUT2D eigenvalue weighted by Gasteiger charge is 2.15. The molecular weight excluding hydrogens is 268 g/mol. The van der Waals surface area contributed by atoms with Gasteiger partial charge in [-0.1, -0.05) is 0 Å². The fourth-order valence-electron chi connectivity index (χ4n) is 1.98. The number of rotatable bonds is 3. The van der Waals surface area contributed by atoms with Crippen LogP contribution in [-0.4, -0.2) is 32.2 Å². The van der Waals surface area contributed by atoms with Gasteiger partial charge < -0.3 is 11.1 Å². The van der Waals surface area contributed by atoms with E-state index < -0.39 is 9.84 Å². The summed E-state index contributed by atoms with van der Waals surface area (Å²) >= 11 is 1.94. The molecule has 1 atom stereocenters. The van der Waals surface area contributed by atoms with Crippen molar-refractivity contribution in [3.05, 3.63) is 18.2 Å². The van der Waals surface area contributed by atoms with Gasteiger partial charge in [-0.2, -0.15) is 11.8 Å². The Bertz CT molecular complexity index is 523. The molecule has 3 N–H and O–H groups in total. The largest absolute Gasteiger partial charge is 0.397 e. The lowest BCUT2D eigenvalue weighted by Gasteiger charge is -2.24. The Balaban J connectivity index is 2.14. The Morgan fingerprint density at radius 3 is 2.78 bits per heavy atom. The summed E-state index contributed by atoms with van der Waals surface area (Å²) in [5.74, 6) is 2.30. The van der Waals surface area contributed by atoms with Gasteiger partial charge in [0, 0.05) is 18.1 Å². The van der Waals surface area contributed by atoms with Gasteiger partial charge in [-0.3, -0.25) is 0 Å². The predicted octanol–water partition coefficient (Wildman–Crippen LogP) is 1.98. The van der Waals surface area contributed by atoms with Crippen molar-refractivity contribution in [1.29, 1.82) is 0 Å². The third-order valence-electron chi connectivity index (χ3n) is 2.97. The molecule has 0 aliphatic carbocycles. The number of thioether (sulfide) groups is 1. The van der Waals surface area contributed by atoms with Crippen LogP contribution in [0, 0.1) is 0 Å². The summed E-state index contributed by atoms with van der Waals surface area (Å²) in [6.45, 7) is 0. The minimum absolute atomic E-state index is 0.267. The average molecular weight is 286 g/mol. The number of benzene rings is 1. The van der Waals surface area contributed by atoms with Gasteiger partial charge in [0.15, 0.2) is 9.84 Å². The zero-order valence-electron chi connectivity index (χ0n) is 10.3. The van der Waals surface area contributed by atoms with E-state index in [9.17, 15) is 8.42 Å². The van der Waals surface area contributed by atoms with E-state index in [0.29, 0.717) is 11.7 Å². The van der Waals surface area contributed by atoms with Gasteiger partial charge in [0.05, 0.1) is 16.3 Å². The minimum Gasteiger partial charge on any atom is -0.397 e. The monoisotopic (exact) mass is 286 g/mol. The van der Waals surface area contributed by atoms with Crippen LogP contribution in [0.3, 0.4) is 0 Å². The van der Waals surface area contributed by atoms with Gasteiger partial charge in [-0.05, 0) is 36.8 Å². The van der Waals surface area contributed by atoms with Crippen molar-refractivity contribution in [2.24, 2.45) is 0 Å². The number of hydrogen-bond acceptors (Lipinski definition) is 5. The van der Waals surface area contributed by atoms with Crippen LogP contribution in [0.4, 0.5) is 11.4 Å². The highest BCUT2D eigenvalue weighted by atomic mass is 32.2. The quantitative estimate of drug-likeness (QED) is 0.831. The van der Waals surface area contributed by atoms with E-state index in [0.717, 1.165) is 17.9 Å². The number of nitrogens with one attached hydrogen (secondary N) is 1. The zero-order chi connectivity index (χ0) is 13.2. The molecule has 1 aliphatic heterocycles. The second-order valence-electron chi connectivity index (χ2n) is 4.58. The predicted molar refractivity (Wildman–Crippen MR) is 77.9 cm³/mol. The fourth-order valence-corrected chi connectivity index (χ4v) is 3.71. The number of anilines is 2. The summed E-state index contributed by atoms with van der Waals surface area (Å²) < 4.78 is 22.8. The SMILES string of the molecule is CS(=O)(=O)c1ccc(NC2CCCSC2)c(N)c1. The maximum absolute atomic E-state index is 11.4. The molecular formula is C12H18N2O2S2.